The van der Waals surface area contributed by atoms with Crippen molar-refractivity contribution in [3.05, 3.63) is 24.3 Å². The van der Waals surface area contributed by atoms with Gasteiger partial charge < -0.3 is 15.4 Å². The van der Waals surface area contributed by atoms with E-state index in [9.17, 15) is 0 Å². The molecule has 2 N–H and O–H groups in total. The molecule has 1 heterocycles. The number of hydrogen-bond donors (Lipinski definition) is 2. The maximum atomic E-state index is 5.39. The molecule has 0 aliphatic carbocycles. The SMILES string of the molecule is COc1ccc(NC(=S)NCC(C)(C)N2CCCCC2)cc1. The number of methoxy groups -OCH3 is 1. The number of anilines is 1. The van der Waals surface area contributed by atoms with Gasteiger partial charge in [-0.15, -0.1) is 0 Å². The molecular weight excluding hydrogens is 294 g/mol. The summed E-state index contributed by atoms with van der Waals surface area (Å²) in [6, 6.07) is 7.76. The molecular formula is C17H27N3OS. The van der Waals surface area contributed by atoms with Crippen LogP contribution in [0.15, 0.2) is 24.3 Å². The van der Waals surface area contributed by atoms with Gasteiger partial charge in [0.05, 0.1) is 7.11 Å². The number of ether oxygens (including phenoxy) is 1. The van der Waals surface area contributed by atoms with Gasteiger partial charge in [0.2, 0.25) is 0 Å². The van der Waals surface area contributed by atoms with Gasteiger partial charge in [-0.3, -0.25) is 4.90 Å². The quantitative estimate of drug-likeness (QED) is 0.814. The third-order valence-electron chi connectivity index (χ3n) is 4.24. The Kier molecular flexibility index (Phi) is 6.03. The molecule has 0 unspecified atom stereocenters. The van der Waals surface area contributed by atoms with Crippen LogP contribution in [0.25, 0.3) is 0 Å². The van der Waals surface area contributed by atoms with Crippen molar-refractivity contribution in [1.82, 2.24) is 10.2 Å². The van der Waals surface area contributed by atoms with Crippen molar-refractivity contribution in [3.63, 3.8) is 0 Å². The summed E-state index contributed by atoms with van der Waals surface area (Å²) in [5, 5.41) is 7.22. The molecule has 22 heavy (non-hydrogen) atoms. The van der Waals surface area contributed by atoms with Gasteiger partial charge in [-0.05, 0) is 76.3 Å². The lowest BCUT2D eigenvalue weighted by Gasteiger charge is -2.41. The third kappa shape index (κ3) is 4.85. The molecule has 0 bridgehead atoms. The number of benzene rings is 1. The van der Waals surface area contributed by atoms with E-state index >= 15 is 0 Å². The Morgan fingerprint density at radius 3 is 2.41 bits per heavy atom. The van der Waals surface area contributed by atoms with Crippen molar-refractivity contribution in [3.8, 4) is 5.75 Å². The summed E-state index contributed by atoms with van der Waals surface area (Å²) in [5.41, 5.74) is 1.08. The normalized spacial score (nSPS) is 16.1. The van der Waals surface area contributed by atoms with Crippen molar-refractivity contribution in [2.45, 2.75) is 38.6 Å². The molecule has 1 aliphatic rings. The molecule has 5 heteroatoms. The summed E-state index contributed by atoms with van der Waals surface area (Å²) in [5.74, 6) is 0.843. The fourth-order valence-corrected chi connectivity index (χ4v) is 2.95. The lowest BCUT2D eigenvalue weighted by Crippen LogP contribution is -2.53. The lowest BCUT2D eigenvalue weighted by molar-refractivity contribution is 0.0986. The van der Waals surface area contributed by atoms with Gasteiger partial charge in [-0.2, -0.15) is 0 Å². The van der Waals surface area contributed by atoms with Crippen LogP contribution in [0.4, 0.5) is 5.69 Å². The van der Waals surface area contributed by atoms with Crippen LogP contribution in [-0.2, 0) is 0 Å². The zero-order valence-corrected chi connectivity index (χ0v) is 14.6. The van der Waals surface area contributed by atoms with Crippen LogP contribution < -0.4 is 15.4 Å². The number of rotatable bonds is 5. The molecule has 122 valence electrons. The molecule has 1 aromatic rings. The molecule has 0 amide bonds. The summed E-state index contributed by atoms with van der Waals surface area (Å²) in [6.45, 7) is 7.78. The van der Waals surface area contributed by atoms with Gasteiger partial charge in [0, 0.05) is 17.8 Å². The van der Waals surface area contributed by atoms with Gasteiger partial charge in [0.15, 0.2) is 5.11 Å². The van der Waals surface area contributed by atoms with Gasteiger partial charge in [0.25, 0.3) is 0 Å². The Bertz CT molecular complexity index is 481. The first-order valence-electron chi connectivity index (χ1n) is 7.95. The molecule has 1 aromatic carbocycles. The Hall–Kier alpha value is -1.33. The van der Waals surface area contributed by atoms with Crippen LogP contribution in [-0.4, -0.2) is 42.3 Å². The second-order valence-electron chi connectivity index (χ2n) is 6.40. The summed E-state index contributed by atoms with van der Waals surface area (Å²) in [7, 11) is 1.66. The van der Waals surface area contributed by atoms with E-state index in [0.717, 1.165) is 18.0 Å². The number of thiocarbonyl (C=S) groups is 1. The average Bonchev–Trinajstić information content (AvgIpc) is 2.55. The Balaban J connectivity index is 1.80. The third-order valence-corrected chi connectivity index (χ3v) is 4.49. The molecule has 0 saturated carbocycles. The van der Waals surface area contributed by atoms with Crippen LogP contribution in [0.3, 0.4) is 0 Å². The summed E-state index contributed by atoms with van der Waals surface area (Å²) < 4.78 is 5.15. The van der Waals surface area contributed by atoms with E-state index in [-0.39, 0.29) is 5.54 Å². The molecule has 0 spiro atoms. The van der Waals surface area contributed by atoms with Gasteiger partial charge in [0.1, 0.15) is 5.75 Å². The van der Waals surface area contributed by atoms with E-state index in [0.29, 0.717) is 5.11 Å². The van der Waals surface area contributed by atoms with Crippen molar-refractivity contribution in [2.75, 3.05) is 32.1 Å². The van der Waals surface area contributed by atoms with E-state index < -0.39 is 0 Å². The zero-order valence-electron chi connectivity index (χ0n) is 13.8. The number of nitrogens with zero attached hydrogens (tertiary/aromatic N) is 1. The zero-order chi connectivity index (χ0) is 16.0. The highest BCUT2D eigenvalue weighted by Gasteiger charge is 2.27. The van der Waals surface area contributed by atoms with Crippen LogP contribution >= 0.6 is 12.2 Å². The summed E-state index contributed by atoms with van der Waals surface area (Å²) in [4.78, 5) is 2.56. The predicted molar refractivity (Wildman–Crippen MR) is 96.7 cm³/mol. The Morgan fingerprint density at radius 1 is 1.18 bits per heavy atom. The highest BCUT2D eigenvalue weighted by atomic mass is 32.1. The second kappa shape index (κ2) is 7.79. The minimum Gasteiger partial charge on any atom is -0.497 e. The number of nitrogens with one attached hydrogen (secondary N) is 2. The van der Waals surface area contributed by atoms with Crippen molar-refractivity contribution < 1.29 is 4.74 Å². The Morgan fingerprint density at radius 2 is 1.82 bits per heavy atom. The second-order valence-corrected chi connectivity index (χ2v) is 6.80. The number of hydrogen-bond acceptors (Lipinski definition) is 3. The van der Waals surface area contributed by atoms with E-state index in [1.54, 1.807) is 7.11 Å². The van der Waals surface area contributed by atoms with Crippen LogP contribution in [0.5, 0.6) is 5.75 Å². The summed E-state index contributed by atoms with van der Waals surface area (Å²) in [6.07, 6.45) is 3.97. The highest BCUT2D eigenvalue weighted by Crippen LogP contribution is 2.20. The summed E-state index contributed by atoms with van der Waals surface area (Å²) >= 11 is 5.39. The van der Waals surface area contributed by atoms with E-state index in [4.69, 9.17) is 17.0 Å². The van der Waals surface area contributed by atoms with Crippen molar-refractivity contribution in [1.29, 1.82) is 0 Å². The first-order chi connectivity index (χ1) is 10.5. The lowest BCUT2D eigenvalue weighted by atomic mass is 9.98. The molecule has 0 aromatic heterocycles. The average molecular weight is 321 g/mol. The monoisotopic (exact) mass is 321 g/mol. The maximum absolute atomic E-state index is 5.39. The molecule has 4 nitrogen and oxygen atoms in total. The molecule has 1 fully saturated rings. The fourth-order valence-electron chi connectivity index (χ4n) is 2.76. The molecule has 2 rings (SSSR count). The van der Waals surface area contributed by atoms with Gasteiger partial charge in [-0.25, -0.2) is 0 Å². The standard InChI is InChI=1S/C17H27N3OS/c1-17(2,20-11-5-4-6-12-20)13-18-16(22)19-14-7-9-15(21-3)10-8-14/h7-10H,4-6,11-13H2,1-3H3,(H2,18,19,22). The Labute approximate surface area is 139 Å². The molecule has 0 atom stereocenters. The van der Waals surface area contributed by atoms with Crippen LogP contribution in [0.2, 0.25) is 0 Å². The van der Waals surface area contributed by atoms with Crippen molar-refractivity contribution in [2.24, 2.45) is 0 Å². The topological polar surface area (TPSA) is 36.5 Å². The maximum Gasteiger partial charge on any atom is 0.170 e. The van der Waals surface area contributed by atoms with Gasteiger partial charge >= 0.3 is 0 Å². The van der Waals surface area contributed by atoms with Crippen LogP contribution in [0, 0.1) is 0 Å². The van der Waals surface area contributed by atoms with E-state index in [1.807, 2.05) is 24.3 Å². The van der Waals surface area contributed by atoms with E-state index in [1.165, 1.54) is 32.4 Å². The number of piperidine rings is 1. The predicted octanol–water partition coefficient (Wildman–Crippen LogP) is 3.25. The molecule has 0 radical (unpaired) electrons. The first kappa shape index (κ1) is 17.0. The first-order valence-corrected chi connectivity index (χ1v) is 8.36. The minimum atomic E-state index is 0.117. The molecule has 1 aliphatic heterocycles. The minimum absolute atomic E-state index is 0.117. The molecule has 1 saturated heterocycles. The van der Waals surface area contributed by atoms with E-state index in [2.05, 4.69) is 29.4 Å². The van der Waals surface area contributed by atoms with Crippen LogP contribution in [0.1, 0.15) is 33.1 Å². The van der Waals surface area contributed by atoms with Gasteiger partial charge in [-0.1, -0.05) is 6.42 Å². The smallest absolute Gasteiger partial charge is 0.170 e. The fraction of sp³-hybridized carbons (Fsp3) is 0.588. The highest BCUT2D eigenvalue weighted by molar-refractivity contribution is 7.80. The van der Waals surface area contributed by atoms with Crippen molar-refractivity contribution >= 4 is 23.0 Å². The number of likely N-dealkylation sites (tertiary alicyclic amines) is 1. The largest absolute Gasteiger partial charge is 0.497 e.